The Hall–Kier alpha value is -2.22. The summed E-state index contributed by atoms with van der Waals surface area (Å²) >= 11 is 3.16. The molecule has 0 N–H and O–H groups in total. The molecule has 2 aromatic rings. The van der Waals surface area contributed by atoms with E-state index in [2.05, 4.69) is 20.9 Å². The van der Waals surface area contributed by atoms with Crippen molar-refractivity contribution in [3.05, 3.63) is 50.7 Å². The third kappa shape index (κ3) is 3.02. The molecule has 0 amide bonds. The van der Waals surface area contributed by atoms with E-state index in [0.29, 0.717) is 4.47 Å². The van der Waals surface area contributed by atoms with Crippen LogP contribution in [-0.2, 0) is 0 Å². The van der Waals surface area contributed by atoms with E-state index in [4.69, 9.17) is 9.47 Å². The molecule has 0 aliphatic heterocycles. The van der Waals surface area contributed by atoms with Gasteiger partial charge in [-0.1, -0.05) is 0 Å². The van der Waals surface area contributed by atoms with E-state index in [9.17, 15) is 14.5 Å². The van der Waals surface area contributed by atoms with Gasteiger partial charge in [0.05, 0.1) is 16.5 Å². The highest BCUT2D eigenvalue weighted by Gasteiger charge is 2.20. The molecule has 0 aliphatic carbocycles. The number of aromatic nitrogens is 1. The van der Waals surface area contributed by atoms with Gasteiger partial charge < -0.3 is 9.47 Å². The summed E-state index contributed by atoms with van der Waals surface area (Å²) in [4.78, 5) is 14.1. The first-order valence-corrected chi connectivity index (χ1v) is 6.13. The Morgan fingerprint density at radius 3 is 2.75 bits per heavy atom. The average Bonchev–Trinajstić information content (AvgIpc) is 2.42. The minimum atomic E-state index is -0.644. The van der Waals surface area contributed by atoms with Crippen molar-refractivity contribution in [3.8, 4) is 17.5 Å². The van der Waals surface area contributed by atoms with Crippen LogP contribution in [0.4, 0.5) is 10.1 Å². The maximum Gasteiger partial charge on any atom is 0.331 e. The molecule has 20 heavy (non-hydrogen) atoms. The lowest BCUT2D eigenvalue weighted by atomic mass is 10.3. The molecule has 0 saturated carbocycles. The third-order valence-corrected chi connectivity index (χ3v) is 2.98. The highest BCUT2D eigenvalue weighted by molar-refractivity contribution is 9.10. The number of benzene rings is 1. The molecule has 104 valence electrons. The summed E-state index contributed by atoms with van der Waals surface area (Å²) in [7, 11) is 1.37. The summed E-state index contributed by atoms with van der Waals surface area (Å²) in [5.74, 6) is -0.582. The van der Waals surface area contributed by atoms with Crippen molar-refractivity contribution >= 4 is 21.6 Å². The summed E-state index contributed by atoms with van der Waals surface area (Å²) in [6, 6.07) is 6.29. The summed E-state index contributed by atoms with van der Waals surface area (Å²) in [5, 5.41) is 10.9. The van der Waals surface area contributed by atoms with Crippen LogP contribution in [0.1, 0.15) is 0 Å². The average molecular weight is 343 g/mol. The molecule has 6 nitrogen and oxygen atoms in total. The normalized spacial score (nSPS) is 10.2. The second kappa shape index (κ2) is 5.83. The summed E-state index contributed by atoms with van der Waals surface area (Å²) < 4.78 is 23.8. The first-order chi connectivity index (χ1) is 9.51. The Morgan fingerprint density at radius 1 is 1.35 bits per heavy atom. The van der Waals surface area contributed by atoms with Crippen LogP contribution in [0.2, 0.25) is 0 Å². The van der Waals surface area contributed by atoms with Crippen LogP contribution in [0.15, 0.2) is 34.8 Å². The van der Waals surface area contributed by atoms with Gasteiger partial charge in [0, 0.05) is 18.2 Å². The van der Waals surface area contributed by atoms with Crippen LogP contribution >= 0.6 is 15.9 Å². The van der Waals surface area contributed by atoms with E-state index in [1.54, 1.807) is 0 Å². The van der Waals surface area contributed by atoms with E-state index in [1.807, 2.05) is 0 Å². The van der Waals surface area contributed by atoms with Gasteiger partial charge in [0.15, 0.2) is 0 Å². The smallest absolute Gasteiger partial charge is 0.331 e. The van der Waals surface area contributed by atoms with Gasteiger partial charge in [0.25, 0.3) is 0 Å². The summed E-state index contributed by atoms with van der Waals surface area (Å²) in [5.41, 5.74) is -0.345. The van der Waals surface area contributed by atoms with Gasteiger partial charge in [-0.2, -0.15) is 4.98 Å². The van der Waals surface area contributed by atoms with Crippen molar-refractivity contribution in [2.75, 3.05) is 7.11 Å². The molecule has 0 bridgehead atoms. The Kier molecular flexibility index (Phi) is 4.14. The number of hydrogen-bond donors (Lipinski definition) is 0. The highest BCUT2D eigenvalue weighted by atomic mass is 79.9. The monoisotopic (exact) mass is 342 g/mol. The molecule has 8 heteroatoms. The van der Waals surface area contributed by atoms with Gasteiger partial charge in [-0.25, -0.2) is 4.39 Å². The van der Waals surface area contributed by atoms with E-state index in [-0.39, 0.29) is 23.2 Å². The van der Waals surface area contributed by atoms with Crippen molar-refractivity contribution in [3.63, 3.8) is 0 Å². The van der Waals surface area contributed by atoms with Gasteiger partial charge in [0.1, 0.15) is 11.6 Å². The number of ether oxygens (including phenoxy) is 2. The van der Waals surface area contributed by atoms with Gasteiger partial charge in [-0.05, 0) is 28.1 Å². The third-order valence-electron chi connectivity index (χ3n) is 2.32. The van der Waals surface area contributed by atoms with E-state index in [0.717, 1.165) is 6.07 Å². The molecular formula is C12H8BrFN2O4. The highest BCUT2D eigenvalue weighted by Crippen LogP contribution is 2.35. The predicted octanol–water partition coefficient (Wildman–Crippen LogP) is 3.69. The Balaban J connectivity index is 2.45. The molecule has 0 fully saturated rings. The number of nitrogens with zero attached hydrogens (tertiary/aromatic N) is 2. The molecule has 1 aromatic heterocycles. The zero-order chi connectivity index (χ0) is 14.7. The lowest BCUT2D eigenvalue weighted by molar-refractivity contribution is -0.386. The first kappa shape index (κ1) is 14.2. The predicted molar refractivity (Wildman–Crippen MR) is 71.6 cm³/mol. The van der Waals surface area contributed by atoms with Crippen LogP contribution in [0.25, 0.3) is 0 Å². The lowest BCUT2D eigenvalue weighted by Gasteiger charge is -2.08. The standard InChI is InChI=1S/C12H8BrFN2O4/c1-19-11-5-4-9(16(17)18)12(15-11)20-10-6-7(14)2-3-8(10)13/h2-6H,1H3. The van der Waals surface area contributed by atoms with Crippen molar-refractivity contribution in [1.29, 1.82) is 0 Å². The van der Waals surface area contributed by atoms with Crippen LogP contribution in [0.3, 0.4) is 0 Å². The minimum Gasteiger partial charge on any atom is -0.481 e. The summed E-state index contributed by atoms with van der Waals surface area (Å²) in [6.45, 7) is 0. The zero-order valence-corrected chi connectivity index (χ0v) is 11.8. The second-order valence-corrected chi connectivity index (χ2v) is 4.47. The second-order valence-electron chi connectivity index (χ2n) is 3.61. The van der Waals surface area contributed by atoms with Gasteiger partial charge in [0.2, 0.25) is 5.88 Å². The molecule has 0 radical (unpaired) electrons. The molecule has 0 unspecified atom stereocenters. The number of hydrogen-bond acceptors (Lipinski definition) is 5. The molecular weight excluding hydrogens is 335 g/mol. The van der Waals surface area contributed by atoms with E-state index >= 15 is 0 Å². The van der Waals surface area contributed by atoms with Gasteiger partial charge in [-0.15, -0.1) is 0 Å². The van der Waals surface area contributed by atoms with E-state index < -0.39 is 10.7 Å². The maximum absolute atomic E-state index is 13.2. The molecule has 0 spiro atoms. The number of methoxy groups -OCH3 is 1. The topological polar surface area (TPSA) is 74.5 Å². The molecule has 1 heterocycles. The molecule has 0 atom stereocenters. The molecule has 0 saturated heterocycles. The first-order valence-electron chi connectivity index (χ1n) is 5.33. The fraction of sp³-hybridized carbons (Fsp3) is 0.0833. The number of rotatable bonds is 4. The van der Waals surface area contributed by atoms with Crippen molar-refractivity contribution < 1.29 is 18.8 Å². The minimum absolute atomic E-state index is 0.0776. The van der Waals surface area contributed by atoms with Crippen LogP contribution in [0.5, 0.6) is 17.5 Å². The lowest BCUT2D eigenvalue weighted by Crippen LogP contribution is -1.98. The van der Waals surface area contributed by atoms with E-state index in [1.165, 1.54) is 31.4 Å². The maximum atomic E-state index is 13.2. The van der Waals surface area contributed by atoms with Crippen molar-refractivity contribution in [2.24, 2.45) is 0 Å². The Bertz CT molecular complexity index is 666. The number of nitro groups is 1. The zero-order valence-electron chi connectivity index (χ0n) is 10.2. The van der Waals surface area contributed by atoms with Crippen LogP contribution < -0.4 is 9.47 Å². The Labute approximate surface area is 121 Å². The summed E-state index contributed by atoms with van der Waals surface area (Å²) in [6.07, 6.45) is 0. The SMILES string of the molecule is COc1ccc([N+](=O)[O-])c(Oc2cc(F)ccc2Br)n1. The molecule has 2 rings (SSSR count). The quantitative estimate of drug-likeness (QED) is 0.625. The van der Waals surface area contributed by atoms with Crippen LogP contribution in [-0.4, -0.2) is 17.0 Å². The van der Waals surface area contributed by atoms with Crippen molar-refractivity contribution in [2.45, 2.75) is 0 Å². The fourth-order valence-electron chi connectivity index (χ4n) is 1.40. The van der Waals surface area contributed by atoms with Crippen LogP contribution in [0, 0.1) is 15.9 Å². The Morgan fingerprint density at radius 2 is 2.10 bits per heavy atom. The number of halogens is 2. The fourth-order valence-corrected chi connectivity index (χ4v) is 1.73. The van der Waals surface area contributed by atoms with Gasteiger partial charge in [-0.3, -0.25) is 10.1 Å². The largest absolute Gasteiger partial charge is 0.481 e. The van der Waals surface area contributed by atoms with Crippen molar-refractivity contribution in [1.82, 2.24) is 4.98 Å². The van der Waals surface area contributed by atoms with Gasteiger partial charge >= 0.3 is 11.6 Å². The molecule has 0 aliphatic rings. The molecule has 1 aromatic carbocycles. The number of pyridine rings is 1.